The second-order valence-corrected chi connectivity index (χ2v) is 7.39. The number of hydrogen-bond donors (Lipinski definition) is 1. The zero-order valence-electron chi connectivity index (χ0n) is 18.1. The SMILES string of the molecule is CCN1CCN(c2ccc(F)cc2C(C)NC(=O)c2cc(OC)ccc2OC)CC1. The Morgan fingerprint density at radius 2 is 1.83 bits per heavy atom. The molecule has 1 heterocycles. The number of nitrogens with zero attached hydrogens (tertiary/aromatic N) is 2. The standard InChI is InChI=1S/C23H30FN3O3/c1-5-26-10-12-27(13-11-26)21-8-6-17(24)14-19(21)16(2)25-23(28)20-15-18(29-3)7-9-22(20)30-4/h6-9,14-16H,5,10-13H2,1-4H3,(H,25,28). The Labute approximate surface area is 177 Å². The smallest absolute Gasteiger partial charge is 0.255 e. The lowest BCUT2D eigenvalue weighted by molar-refractivity contribution is 0.0936. The molecule has 6 nitrogen and oxygen atoms in total. The van der Waals surface area contributed by atoms with Crippen molar-refractivity contribution in [2.24, 2.45) is 0 Å². The van der Waals surface area contributed by atoms with Crippen LogP contribution in [-0.2, 0) is 0 Å². The van der Waals surface area contributed by atoms with Crippen LogP contribution in [0.1, 0.15) is 35.8 Å². The molecule has 0 aromatic heterocycles. The van der Waals surface area contributed by atoms with Gasteiger partial charge in [-0.2, -0.15) is 0 Å². The molecule has 1 atom stereocenters. The number of likely N-dealkylation sites (N-methyl/N-ethyl adjacent to an activating group) is 1. The van der Waals surface area contributed by atoms with Crippen LogP contribution >= 0.6 is 0 Å². The summed E-state index contributed by atoms with van der Waals surface area (Å²) in [6.07, 6.45) is 0. The molecule has 0 spiro atoms. The number of carbonyl (C=O) groups excluding carboxylic acids is 1. The third-order valence-corrected chi connectivity index (χ3v) is 5.62. The van der Waals surface area contributed by atoms with Crippen molar-refractivity contribution < 1.29 is 18.7 Å². The van der Waals surface area contributed by atoms with Crippen LogP contribution < -0.4 is 19.7 Å². The molecule has 162 valence electrons. The van der Waals surface area contributed by atoms with Gasteiger partial charge in [-0.05, 0) is 49.9 Å². The summed E-state index contributed by atoms with van der Waals surface area (Å²) in [5.74, 6) is 0.398. The highest BCUT2D eigenvalue weighted by atomic mass is 19.1. The second-order valence-electron chi connectivity index (χ2n) is 7.39. The summed E-state index contributed by atoms with van der Waals surface area (Å²) in [5.41, 5.74) is 2.09. The van der Waals surface area contributed by atoms with E-state index in [2.05, 4.69) is 22.0 Å². The molecule has 1 amide bonds. The number of halogens is 1. The Balaban J connectivity index is 1.82. The summed E-state index contributed by atoms with van der Waals surface area (Å²) in [5, 5.41) is 2.99. The lowest BCUT2D eigenvalue weighted by Crippen LogP contribution is -2.46. The van der Waals surface area contributed by atoms with Crippen LogP contribution in [0.25, 0.3) is 0 Å². The second kappa shape index (κ2) is 9.80. The van der Waals surface area contributed by atoms with Crippen molar-refractivity contribution in [1.82, 2.24) is 10.2 Å². The minimum atomic E-state index is -0.386. The van der Waals surface area contributed by atoms with E-state index in [0.29, 0.717) is 17.1 Å². The van der Waals surface area contributed by atoms with Gasteiger partial charge in [0.25, 0.3) is 5.91 Å². The molecule has 1 unspecified atom stereocenters. The number of hydrogen-bond acceptors (Lipinski definition) is 5. The van der Waals surface area contributed by atoms with Gasteiger partial charge in [0.2, 0.25) is 0 Å². The molecule has 30 heavy (non-hydrogen) atoms. The number of nitrogens with one attached hydrogen (secondary N) is 1. The third kappa shape index (κ3) is 4.84. The van der Waals surface area contributed by atoms with Crippen LogP contribution in [0.15, 0.2) is 36.4 Å². The largest absolute Gasteiger partial charge is 0.497 e. The summed E-state index contributed by atoms with van der Waals surface area (Å²) in [4.78, 5) is 17.6. The maximum atomic E-state index is 14.1. The van der Waals surface area contributed by atoms with Gasteiger partial charge in [-0.3, -0.25) is 4.79 Å². The molecular formula is C23H30FN3O3. The monoisotopic (exact) mass is 415 g/mol. The molecule has 2 aromatic carbocycles. The van der Waals surface area contributed by atoms with Gasteiger partial charge in [0.05, 0.1) is 25.8 Å². The van der Waals surface area contributed by atoms with Crippen molar-refractivity contribution in [3.8, 4) is 11.5 Å². The van der Waals surface area contributed by atoms with E-state index in [-0.39, 0.29) is 17.8 Å². The van der Waals surface area contributed by atoms with E-state index in [1.54, 1.807) is 31.4 Å². The lowest BCUT2D eigenvalue weighted by atomic mass is 10.0. The minimum Gasteiger partial charge on any atom is -0.497 e. The molecule has 7 heteroatoms. The molecule has 1 aliphatic rings. The number of piperazine rings is 1. The normalized spacial score (nSPS) is 15.6. The average molecular weight is 416 g/mol. The summed E-state index contributed by atoms with van der Waals surface area (Å²) in [7, 11) is 3.06. The van der Waals surface area contributed by atoms with E-state index < -0.39 is 0 Å². The number of amides is 1. The van der Waals surface area contributed by atoms with Crippen LogP contribution in [-0.4, -0.2) is 57.8 Å². The molecule has 1 saturated heterocycles. The maximum Gasteiger partial charge on any atom is 0.255 e. The molecule has 1 aliphatic heterocycles. The number of carbonyl (C=O) groups is 1. The maximum absolute atomic E-state index is 14.1. The molecule has 0 bridgehead atoms. The van der Waals surface area contributed by atoms with Crippen molar-refractivity contribution in [2.75, 3.05) is 51.8 Å². The molecular weight excluding hydrogens is 385 g/mol. The average Bonchev–Trinajstić information content (AvgIpc) is 2.78. The first-order valence-corrected chi connectivity index (χ1v) is 10.3. The number of ether oxygens (including phenoxy) is 2. The highest BCUT2D eigenvalue weighted by molar-refractivity contribution is 5.97. The van der Waals surface area contributed by atoms with Crippen LogP contribution in [0, 0.1) is 5.82 Å². The molecule has 1 fully saturated rings. The fourth-order valence-corrected chi connectivity index (χ4v) is 3.81. The number of anilines is 1. The van der Waals surface area contributed by atoms with E-state index in [0.717, 1.165) is 44.0 Å². The molecule has 2 aromatic rings. The summed E-state index contributed by atoms with van der Waals surface area (Å²) >= 11 is 0. The van der Waals surface area contributed by atoms with Crippen LogP contribution in [0.2, 0.25) is 0 Å². The van der Waals surface area contributed by atoms with Crippen molar-refractivity contribution in [3.05, 3.63) is 53.3 Å². The predicted octanol–water partition coefficient (Wildman–Crippen LogP) is 3.48. The fraction of sp³-hybridized carbons (Fsp3) is 0.435. The minimum absolute atomic E-state index is 0.302. The van der Waals surface area contributed by atoms with Crippen molar-refractivity contribution in [1.29, 1.82) is 0 Å². The highest BCUT2D eigenvalue weighted by Gasteiger charge is 2.23. The summed E-state index contributed by atoms with van der Waals surface area (Å²) in [6.45, 7) is 8.73. The van der Waals surface area contributed by atoms with Gasteiger partial charge in [-0.25, -0.2) is 4.39 Å². The number of rotatable bonds is 7. The van der Waals surface area contributed by atoms with E-state index in [4.69, 9.17) is 9.47 Å². The van der Waals surface area contributed by atoms with Gasteiger partial charge >= 0.3 is 0 Å². The Morgan fingerprint density at radius 1 is 1.10 bits per heavy atom. The molecule has 0 aliphatic carbocycles. The van der Waals surface area contributed by atoms with Gasteiger partial charge in [0.15, 0.2) is 0 Å². The van der Waals surface area contributed by atoms with Gasteiger partial charge in [0.1, 0.15) is 17.3 Å². The third-order valence-electron chi connectivity index (χ3n) is 5.62. The van der Waals surface area contributed by atoms with Crippen molar-refractivity contribution in [3.63, 3.8) is 0 Å². The van der Waals surface area contributed by atoms with E-state index in [1.165, 1.54) is 19.2 Å². The van der Waals surface area contributed by atoms with E-state index in [1.807, 2.05) is 6.92 Å². The molecule has 3 rings (SSSR count). The van der Waals surface area contributed by atoms with Gasteiger partial charge < -0.3 is 24.6 Å². The Bertz CT molecular complexity index is 882. The van der Waals surface area contributed by atoms with Crippen LogP contribution in [0.5, 0.6) is 11.5 Å². The Morgan fingerprint density at radius 3 is 2.47 bits per heavy atom. The Hall–Kier alpha value is -2.80. The van der Waals surface area contributed by atoms with E-state index >= 15 is 0 Å². The first-order valence-electron chi connectivity index (χ1n) is 10.3. The van der Waals surface area contributed by atoms with Crippen molar-refractivity contribution in [2.45, 2.75) is 19.9 Å². The van der Waals surface area contributed by atoms with Gasteiger partial charge in [0, 0.05) is 37.4 Å². The summed E-state index contributed by atoms with van der Waals surface area (Å²) < 4.78 is 24.6. The zero-order chi connectivity index (χ0) is 21.7. The fourth-order valence-electron chi connectivity index (χ4n) is 3.81. The molecule has 1 N–H and O–H groups in total. The predicted molar refractivity (Wildman–Crippen MR) is 116 cm³/mol. The number of methoxy groups -OCH3 is 2. The van der Waals surface area contributed by atoms with Crippen molar-refractivity contribution >= 4 is 11.6 Å². The Kier molecular flexibility index (Phi) is 7.15. The van der Waals surface area contributed by atoms with Crippen LogP contribution in [0.4, 0.5) is 10.1 Å². The quantitative estimate of drug-likeness (QED) is 0.751. The summed E-state index contributed by atoms with van der Waals surface area (Å²) in [6, 6.07) is 9.47. The first kappa shape index (κ1) is 21.9. The first-order chi connectivity index (χ1) is 14.5. The van der Waals surface area contributed by atoms with Gasteiger partial charge in [-0.1, -0.05) is 6.92 Å². The number of benzene rings is 2. The van der Waals surface area contributed by atoms with E-state index in [9.17, 15) is 9.18 Å². The topological polar surface area (TPSA) is 54.0 Å². The van der Waals surface area contributed by atoms with Crippen LogP contribution in [0.3, 0.4) is 0 Å². The molecule has 0 radical (unpaired) electrons. The van der Waals surface area contributed by atoms with Gasteiger partial charge in [-0.15, -0.1) is 0 Å². The highest BCUT2D eigenvalue weighted by Crippen LogP contribution is 2.30. The lowest BCUT2D eigenvalue weighted by Gasteiger charge is -2.37. The molecule has 0 saturated carbocycles. The zero-order valence-corrected chi connectivity index (χ0v) is 18.1.